The number of aliphatic carboxylic acids is 1. The van der Waals surface area contributed by atoms with Gasteiger partial charge < -0.3 is 19.6 Å². The first kappa shape index (κ1) is 20.7. The van der Waals surface area contributed by atoms with Crippen LogP contribution in [-0.2, 0) is 20.7 Å². The number of carboxylic acids is 1. The van der Waals surface area contributed by atoms with E-state index in [-0.39, 0.29) is 19.5 Å². The van der Waals surface area contributed by atoms with E-state index in [0.717, 1.165) is 5.56 Å². The summed E-state index contributed by atoms with van der Waals surface area (Å²) in [5, 5.41) is 9.73. The number of carboxylic acid groups (broad SMARTS) is 1. The highest BCUT2D eigenvalue weighted by Gasteiger charge is 2.45. The maximum Gasteiger partial charge on any atom is 0.410 e. The van der Waals surface area contributed by atoms with Gasteiger partial charge in [0.1, 0.15) is 11.0 Å². The second-order valence-corrected chi connectivity index (χ2v) is 8.06. The van der Waals surface area contributed by atoms with E-state index in [2.05, 4.69) is 0 Å². The molecular formula is C20H28N2O5. The van der Waals surface area contributed by atoms with Crippen molar-refractivity contribution in [2.24, 2.45) is 5.41 Å². The number of nitrogens with zero attached hydrogens (tertiary/aromatic N) is 2. The van der Waals surface area contributed by atoms with Crippen molar-refractivity contribution in [1.29, 1.82) is 0 Å². The number of piperazine rings is 1. The van der Waals surface area contributed by atoms with Crippen LogP contribution in [0.4, 0.5) is 4.79 Å². The predicted octanol–water partition coefficient (Wildman–Crippen LogP) is 2.40. The molecule has 0 aliphatic carbocycles. The molecule has 0 unspecified atom stereocenters. The van der Waals surface area contributed by atoms with Gasteiger partial charge in [-0.15, -0.1) is 0 Å². The van der Waals surface area contributed by atoms with Crippen LogP contribution in [0.2, 0.25) is 0 Å². The first-order valence-corrected chi connectivity index (χ1v) is 9.07. The van der Waals surface area contributed by atoms with Gasteiger partial charge >= 0.3 is 12.1 Å². The summed E-state index contributed by atoms with van der Waals surface area (Å²) in [6.45, 7) is 8.07. The van der Waals surface area contributed by atoms with Gasteiger partial charge in [-0.05, 0) is 39.7 Å². The molecule has 1 saturated heterocycles. The number of benzene rings is 1. The molecule has 0 bridgehead atoms. The third-order valence-corrected chi connectivity index (χ3v) is 4.56. The van der Waals surface area contributed by atoms with Crippen LogP contribution < -0.4 is 0 Å². The zero-order valence-corrected chi connectivity index (χ0v) is 16.4. The van der Waals surface area contributed by atoms with E-state index in [1.165, 1.54) is 11.8 Å². The van der Waals surface area contributed by atoms with Crippen LogP contribution in [0.3, 0.4) is 0 Å². The minimum absolute atomic E-state index is 0.119. The zero-order chi connectivity index (χ0) is 20.2. The molecule has 148 valence electrons. The monoisotopic (exact) mass is 376 g/mol. The van der Waals surface area contributed by atoms with Gasteiger partial charge in [0.05, 0.1) is 0 Å². The second kappa shape index (κ2) is 7.98. The maximum atomic E-state index is 13.0. The first-order valence-electron chi connectivity index (χ1n) is 9.07. The van der Waals surface area contributed by atoms with E-state index < -0.39 is 29.0 Å². The molecule has 1 aromatic rings. The summed E-state index contributed by atoms with van der Waals surface area (Å²) in [4.78, 5) is 40.1. The van der Waals surface area contributed by atoms with E-state index in [0.29, 0.717) is 13.1 Å². The molecule has 2 rings (SSSR count). The molecule has 1 fully saturated rings. The Kier molecular flexibility index (Phi) is 6.13. The van der Waals surface area contributed by atoms with Crippen molar-refractivity contribution in [2.75, 3.05) is 26.2 Å². The zero-order valence-electron chi connectivity index (χ0n) is 16.4. The van der Waals surface area contributed by atoms with Crippen molar-refractivity contribution in [3.63, 3.8) is 0 Å². The molecule has 0 aromatic heterocycles. The molecule has 7 heteroatoms. The van der Waals surface area contributed by atoms with Crippen LogP contribution in [0, 0.1) is 5.41 Å². The van der Waals surface area contributed by atoms with Crippen LogP contribution in [0.15, 0.2) is 30.3 Å². The Morgan fingerprint density at radius 3 is 1.96 bits per heavy atom. The van der Waals surface area contributed by atoms with Crippen molar-refractivity contribution in [2.45, 2.75) is 39.7 Å². The summed E-state index contributed by atoms with van der Waals surface area (Å²) in [6, 6.07) is 9.12. The lowest BCUT2D eigenvalue weighted by Crippen LogP contribution is -2.56. The lowest BCUT2D eigenvalue weighted by Gasteiger charge is -2.38. The van der Waals surface area contributed by atoms with Gasteiger partial charge in [-0.25, -0.2) is 4.79 Å². The summed E-state index contributed by atoms with van der Waals surface area (Å²) >= 11 is 0. The summed E-state index contributed by atoms with van der Waals surface area (Å²) in [6.07, 6.45) is -0.297. The number of amides is 2. The van der Waals surface area contributed by atoms with Gasteiger partial charge in [-0.3, -0.25) is 9.59 Å². The molecule has 7 nitrogen and oxygen atoms in total. The van der Waals surface area contributed by atoms with Crippen molar-refractivity contribution in [1.82, 2.24) is 9.80 Å². The van der Waals surface area contributed by atoms with Crippen LogP contribution >= 0.6 is 0 Å². The van der Waals surface area contributed by atoms with Crippen molar-refractivity contribution in [3.05, 3.63) is 35.9 Å². The lowest BCUT2D eigenvalue weighted by atomic mass is 9.82. The van der Waals surface area contributed by atoms with Crippen molar-refractivity contribution in [3.8, 4) is 0 Å². The number of hydrogen-bond acceptors (Lipinski definition) is 4. The Morgan fingerprint density at radius 2 is 1.48 bits per heavy atom. The molecule has 1 N–H and O–H groups in total. The van der Waals surface area contributed by atoms with Crippen LogP contribution in [0.1, 0.15) is 33.3 Å². The summed E-state index contributed by atoms with van der Waals surface area (Å²) < 4.78 is 5.35. The quantitative estimate of drug-likeness (QED) is 0.816. The topological polar surface area (TPSA) is 87.2 Å². The Morgan fingerprint density at radius 1 is 0.963 bits per heavy atom. The SMILES string of the molecule is CC(C)(C)OC(=O)N1CCN(C(=O)[C@@](C)(Cc2ccccc2)C(=O)O)CC1. The second-order valence-electron chi connectivity index (χ2n) is 8.06. The predicted molar refractivity (Wildman–Crippen MR) is 100 cm³/mol. The molecule has 2 amide bonds. The molecule has 0 radical (unpaired) electrons. The Hall–Kier alpha value is -2.57. The largest absolute Gasteiger partial charge is 0.480 e. The van der Waals surface area contributed by atoms with Crippen molar-refractivity contribution >= 4 is 18.0 Å². The third kappa shape index (κ3) is 5.21. The first-order chi connectivity index (χ1) is 12.5. The molecule has 1 aromatic carbocycles. The maximum absolute atomic E-state index is 13.0. The van der Waals surface area contributed by atoms with E-state index in [1.54, 1.807) is 25.7 Å². The number of carbonyl (C=O) groups is 3. The Balaban J connectivity index is 2.04. The van der Waals surface area contributed by atoms with Crippen LogP contribution in [0.5, 0.6) is 0 Å². The van der Waals surface area contributed by atoms with Crippen molar-refractivity contribution < 1.29 is 24.2 Å². The fourth-order valence-electron chi connectivity index (χ4n) is 3.01. The van der Waals surface area contributed by atoms with Crippen LogP contribution in [-0.4, -0.2) is 64.7 Å². The molecule has 0 spiro atoms. The summed E-state index contributed by atoms with van der Waals surface area (Å²) in [5.41, 5.74) is -1.33. The van der Waals surface area contributed by atoms with Gasteiger partial charge in [0.15, 0.2) is 0 Å². The normalized spacial score (nSPS) is 17.2. The molecule has 1 aliphatic rings. The Labute approximate surface area is 159 Å². The van der Waals surface area contributed by atoms with Gasteiger partial charge in [0.25, 0.3) is 0 Å². The number of hydrogen-bond donors (Lipinski definition) is 1. The third-order valence-electron chi connectivity index (χ3n) is 4.56. The number of ether oxygens (including phenoxy) is 1. The van der Waals surface area contributed by atoms with Gasteiger partial charge in [-0.2, -0.15) is 0 Å². The average molecular weight is 376 g/mol. The van der Waals surface area contributed by atoms with E-state index in [9.17, 15) is 19.5 Å². The molecule has 1 aliphatic heterocycles. The molecule has 27 heavy (non-hydrogen) atoms. The summed E-state index contributed by atoms with van der Waals surface area (Å²) in [5.74, 6) is -1.58. The molecular weight excluding hydrogens is 348 g/mol. The van der Waals surface area contributed by atoms with E-state index in [1.807, 2.05) is 30.3 Å². The minimum atomic E-state index is -1.55. The van der Waals surface area contributed by atoms with Gasteiger partial charge in [-0.1, -0.05) is 30.3 Å². The number of rotatable bonds is 4. The standard InChI is InChI=1S/C20H28N2O5/c1-19(2,3)27-18(26)22-12-10-21(11-13-22)16(23)20(4,17(24)25)14-15-8-6-5-7-9-15/h5-9H,10-14H2,1-4H3,(H,24,25)/t20-/m1/s1. The van der Waals surface area contributed by atoms with Gasteiger partial charge in [0, 0.05) is 26.2 Å². The minimum Gasteiger partial charge on any atom is -0.480 e. The van der Waals surface area contributed by atoms with Gasteiger partial charge in [0.2, 0.25) is 5.91 Å². The van der Waals surface area contributed by atoms with E-state index >= 15 is 0 Å². The fraction of sp³-hybridized carbons (Fsp3) is 0.550. The molecule has 0 saturated carbocycles. The van der Waals surface area contributed by atoms with Crippen LogP contribution in [0.25, 0.3) is 0 Å². The highest BCUT2D eigenvalue weighted by molar-refractivity contribution is 6.01. The lowest BCUT2D eigenvalue weighted by molar-refractivity contribution is -0.160. The fourth-order valence-corrected chi connectivity index (χ4v) is 3.01. The molecule has 1 heterocycles. The van der Waals surface area contributed by atoms with E-state index in [4.69, 9.17) is 4.74 Å². The Bertz CT molecular complexity index is 690. The highest BCUT2D eigenvalue weighted by atomic mass is 16.6. The molecule has 1 atom stereocenters. The number of carbonyl (C=O) groups excluding carboxylic acids is 2. The smallest absolute Gasteiger partial charge is 0.410 e. The summed E-state index contributed by atoms with van der Waals surface area (Å²) in [7, 11) is 0. The highest BCUT2D eigenvalue weighted by Crippen LogP contribution is 2.27. The average Bonchev–Trinajstić information content (AvgIpc) is 2.60.